The van der Waals surface area contributed by atoms with Gasteiger partial charge in [-0.2, -0.15) is 5.26 Å². The standard InChI is InChI=1S/C20H16N2OS/c21-14-18-17(15-7-3-1-4-8-15)13-19(16-9-5-2-6-10-16)22-20(18)24-12-11-23/h1-10,13,23H,11-12H2. The van der Waals surface area contributed by atoms with Crippen molar-refractivity contribution in [2.24, 2.45) is 0 Å². The van der Waals surface area contributed by atoms with E-state index in [1.54, 1.807) is 0 Å². The second kappa shape index (κ2) is 7.78. The molecule has 0 saturated heterocycles. The zero-order chi connectivity index (χ0) is 16.8. The summed E-state index contributed by atoms with van der Waals surface area (Å²) >= 11 is 1.41. The van der Waals surface area contributed by atoms with Gasteiger partial charge in [-0.3, -0.25) is 0 Å². The summed E-state index contributed by atoms with van der Waals surface area (Å²) in [6.07, 6.45) is 0. The number of nitrogens with zero attached hydrogens (tertiary/aromatic N) is 2. The third-order valence-electron chi connectivity index (χ3n) is 3.58. The minimum absolute atomic E-state index is 0.0491. The number of aromatic nitrogens is 1. The van der Waals surface area contributed by atoms with Crippen molar-refractivity contribution in [2.75, 3.05) is 12.4 Å². The number of aliphatic hydroxyl groups is 1. The summed E-state index contributed by atoms with van der Waals surface area (Å²) in [5.41, 5.74) is 4.24. The Hall–Kier alpha value is -2.61. The van der Waals surface area contributed by atoms with Crippen LogP contribution in [0.5, 0.6) is 0 Å². The van der Waals surface area contributed by atoms with Gasteiger partial charge in [0.05, 0.1) is 17.9 Å². The molecule has 1 heterocycles. The Morgan fingerprint density at radius 3 is 2.17 bits per heavy atom. The number of benzene rings is 2. The topological polar surface area (TPSA) is 56.9 Å². The molecule has 0 spiro atoms. The van der Waals surface area contributed by atoms with Crippen molar-refractivity contribution in [3.05, 3.63) is 72.3 Å². The first-order valence-electron chi connectivity index (χ1n) is 7.63. The molecule has 0 fully saturated rings. The molecule has 0 atom stereocenters. The van der Waals surface area contributed by atoms with E-state index < -0.39 is 0 Å². The third-order valence-corrected chi connectivity index (χ3v) is 4.54. The molecular weight excluding hydrogens is 316 g/mol. The Labute approximate surface area is 145 Å². The Bertz CT molecular complexity index is 858. The van der Waals surface area contributed by atoms with Gasteiger partial charge in [0.25, 0.3) is 0 Å². The summed E-state index contributed by atoms with van der Waals surface area (Å²) in [6, 6.07) is 24.0. The average Bonchev–Trinajstić information content (AvgIpc) is 2.67. The van der Waals surface area contributed by atoms with E-state index in [0.29, 0.717) is 16.3 Å². The number of aliphatic hydroxyl groups excluding tert-OH is 1. The molecule has 0 aliphatic carbocycles. The van der Waals surface area contributed by atoms with Crippen LogP contribution < -0.4 is 0 Å². The van der Waals surface area contributed by atoms with Crippen LogP contribution in [-0.2, 0) is 0 Å². The first kappa shape index (κ1) is 16.3. The molecular formula is C20H16N2OS. The van der Waals surface area contributed by atoms with Crippen molar-refractivity contribution in [3.63, 3.8) is 0 Å². The highest BCUT2D eigenvalue weighted by atomic mass is 32.2. The molecule has 118 valence electrons. The van der Waals surface area contributed by atoms with Gasteiger partial charge >= 0.3 is 0 Å². The monoisotopic (exact) mass is 332 g/mol. The molecule has 2 aromatic carbocycles. The smallest absolute Gasteiger partial charge is 0.115 e. The van der Waals surface area contributed by atoms with E-state index in [-0.39, 0.29) is 6.61 Å². The fraction of sp³-hybridized carbons (Fsp3) is 0.100. The molecule has 0 amide bonds. The predicted octanol–water partition coefficient (Wildman–Crippen LogP) is 4.37. The molecule has 3 rings (SSSR count). The van der Waals surface area contributed by atoms with Crippen LogP contribution in [0.25, 0.3) is 22.4 Å². The highest BCUT2D eigenvalue weighted by molar-refractivity contribution is 7.99. The van der Waals surface area contributed by atoms with Crippen LogP contribution >= 0.6 is 11.8 Å². The molecule has 1 N–H and O–H groups in total. The van der Waals surface area contributed by atoms with E-state index in [9.17, 15) is 5.26 Å². The fourth-order valence-corrected chi connectivity index (χ4v) is 3.23. The average molecular weight is 332 g/mol. The lowest BCUT2D eigenvalue weighted by molar-refractivity contribution is 0.322. The van der Waals surface area contributed by atoms with E-state index in [0.717, 1.165) is 22.4 Å². The Kier molecular flexibility index (Phi) is 5.27. The first-order valence-corrected chi connectivity index (χ1v) is 8.61. The summed E-state index contributed by atoms with van der Waals surface area (Å²) in [5, 5.41) is 19.4. The van der Waals surface area contributed by atoms with Gasteiger partial charge in [0.2, 0.25) is 0 Å². The van der Waals surface area contributed by atoms with E-state index in [1.165, 1.54) is 11.8 Å². The zero-order valence-corrected chi connectivity index (χ0v) is 13.8. The van der Waals surface area contributed by atoms with Gasteiger partial charge in [0.15, 0.2) is 0 Å². The SMILES string of the molecule is N#Cc1c(-c2ccccc2)cc(-c2ccccc2)nc1SCCO. The zero-order valence-electron chi connectivity index (χ0n) is 13.0. The number of rotatable bonds is 5. The predicted molar refractivity (Wildman–Crippen MR) is 97.6 cm³/mol. The molecule has 4 heteroatoms. The van der Waals surface area contributed by atoms with Gasteiger partial charge in [0.1, 0.15) is 11.1 Å². The van der Waals surface area contributed by atoms with Gasteiger partial charge in [-0.05, 0) is 11.6 Å². The van der Waals surface area contributed by atoms with E-state index in [1.807, 2.05) is 66.7 Å². The second-order valence-electron chi connectivity index (χ2n) is 5.15. The minimum Gasteiger partial charge on any atom is -0.396 e. The second-order valence-corrected chi connectivity index (χ2v) is 6.23. The van der Waals surface area contributed by atoms with Crippen LogP contribution in [0, 0.1) is 11.3 Å². The quantitative estimate of drug-likeness (QED) is 0.705. The summed E-state index contributed by atoms with van der Waals surface area (Å²) in [5.74, 6) is 0.508. The molecule has 1 aromatic heterocycles. The van der Waals surface area contributed by atoms with Crippen molar-refractivity contribution in [3.8, 4) is 28.5 Å². The lowest BCUT2D eigenvalue weighted by Crippen LogP contribution is -1.97. The number of hydrogen-bond donors (Lipinski definition) is 1. The van der Waals surface area contributed by atoms with Crippen LogP contribution in [0.4, 0.5) is 0 Å². The van der Waals surface area contributed by atoms with Crippen LogP contribution in [0.1, 0.15) is 5.56 Å². The maximum atomic E-state index is 9.66. The number of nitriles is 1. The number of pyridine rings is 1. The van der Waals surface area contributed by atoms with E-state index in [4.69, 9.17) is 5.11 Å². The fourth-order valence-electron chi connectivity index (χ4n) is 2.48. The van der Waals surface area contributed by atoms with Crippen molar-refractivity contribution in [1.82, 2.24) is 4.98 Å². The molecule has 0 unspecified atom stereocenters. The molecule has 0 aliphatic rings. The lowest BCUT2D eigenvalue weighted by atomic mass is 9.99. The van der Waals surface area contributed by atoms with Crippen LogP contribution in [-0.4, -0.2) is 22.5 Å². The maximum Gasteiger partial charge on any atom is 0.115 e. The van der Waals surface area contributed by atoms with Gasteiger partial charge in [-0.1, -0.05) is 60.7 Å². The molecule has 24 heavy (non-hydrogen) atoms. The van der Waals surface area contributed by atoms with Gasteiger partial charge in [-0.25, -0.2) is 4.98 Å². The molecule has 0 aliphatic heterocycles. The van der Waals surface area contributed by atoms with Crippen molar-refractivity contribution >= 4 is 11.8 Å². The summed E-state index contributed by atoms with van der Waals surface area (Å²) in [7, 11) is 0. The van der Waals surface area contributed by atoms with Crippen LogP contribution in [0.3, 0.4) is 0 Å². The Morgan fingerprint density at radius 2 is 1.58 bits per heavy atom. The van der Waals surface area contributed by atoms with Crippen LogP contribution in [0.15, 0.2) is 71.8 Å². The molecule has 3 aromatic rings. The number of hydrogen-bond acceptors (Lipinski definition) is 4. The highest BCUT2D eigenvalue weighted by Crippen LogP contribution is 2.33. The maximum absolute atomic E-state index is 9.66. The Morgan fingerprint density at radius 1 is 0.958 bits per heavy atom. The third kappa shape index (κ3) is 3.48. The molecule has 0 saturated carbocycles. The number of thioether (sulfide) groups is 1. The van der Waals surface area contributed by atoms with Crippen molar-refractivity contribution in [1.29, 1.82) is 5.26 Å². The van der Waals surface area contributed by atoms with Crippen molar-refractivity contribution in [2.45, 2.75) is 5.03 Å². The molecule has 0 radical (unpaired) electrons. The van der Waals surface area contributed by atoms with Gasteiger partial charge < -0.3 is 5.11 Å². The van der Waals surface area contributed by atoms with Crippen molar-refractivity contribution < 1.29 is 5.11 Å². The normalized spacial score (nSPS) is 10.3. The summed E-state index contributed by atoms with van der Waals surface area (Å²) in [4.78, 5) is 4.67. The summed E-state index contributed by atoms with van der Waals surface area (Å²) in [6.45, 7) is 0.0491. The molecule has 0 bridgehead atoms. The largest absolute Gasteiger partial charge is 0.396 e. The minimum atomic E-state index is 0.0491. The first-order chi connectivity index (χ1) is 11.8. The van der Waals surface area contributed by atoms with E-state index >= 15 is 0 Å². The van der Waals surface area contributed by atoms with Crippen LogP contribution in [0.2, 0.25) is 0 Å². The highest BCUT2D eigenvalue weighted by Gasteiger charge is 2.15. The summed E-state index contributed by atoms with van der Waals surface area (Å²) < 4.78 is 0. The lowest BCUT2D eigenvalue weighted by Gasteiger charge is -2.12. The van der Waals surface area contributed by atoms with Gasteiger partial charge in [0, 0.05) is 16.9 Å². The van der Waals surface area contributed by atoms with Gasteiger partial charge in [-0.15, -0.1) is 11.8 Å². The van der Waals surface area contributed by atoms with E-state index in [2.05, 4.69) is 11.1 Å². The molecule has 3 nitrogen and oxygen atoms in total. The Balaban J connectivity index is 2.21.